The quantitative estimate of drug-likeness (QED) is 0.560. The van der Waals surface area contributed by atoms with E-state index in [1.165, 1.54) is 23.9 Å². The van der Waals surface area contributed by atoms with Gasteiger partial charge in [0.1, 0.15) is 11.9 Å². The molecular weight excluding hydrogens is 411 g/mol. The standard InChI is InChI=1S/C24H23FN4OS/c1-24(2)12-18-20(19(30)13-24)21(16-8-4-3-5-9-16)29-22(26-18)27-23(28-29)31-14-15-7-6-10-17(25)11-15/h3-11,21H,12-14H2,1-2H3,(H,26,27,28)/t21-/m0/s1. The fourth-order valence-electron chi connectivity index (χ4n) is 4.37. The highest BCUT2D eigenvalue weighted by molar-refractivity contribution is 7.98. The van der Waals surface area contributed by atoms with Crippen LogP contribution in [0.2, 0.25) is 0 Å². The molecule has 0 fully saturated rings. The molecule has 0 saturated carbocycles. The number of Topliss-reactive ketones (excluding diaryl/α,β-unsaturated/α-hetero) is 1. The highest BCUT2D eigenvalue weighted by atomic mass is 32.2. The van der Waals surface area contributed by atoms with Gasteiger partial charge in [0.25, 0.3) is 0 Å². The van der Waals surface area contributed by atoms with Gasteiger partial charge in [-0.15, -0.1) is 5.10 Å². The van der Waals surface area contributed by atoms with Crippen LogP contribution in [0.15, 0.2) is 71.0 Å². The number of halogens is 1. The molecule has 0 spiro atoms. The number of nitrogens with one attached hydrogen (secondary N) is 1. The summed E-state index contributed by atoms with van der Waals surface area (Å²) in [7, 11) is 0. The van der Waals surface area contributed by atoms with Gasteiger partial charge in [0.2, 0.25) is 11.1 Å². The van der Waals surface area contributed by atoms with E-state index in [0.29, 0.717) is 23.3 Å². The third kappa shape index (κ3) is 3.90. The van der Waals surface area contributed by atoms with Crippen molar-refractivity contribution < 1.29 is 9.18 Å². The van der Waals surface area contributed by atoms with E-state index >= 15 is 0 Å². The molecule has 0 radical (unpaired) electrons. The lowest BCUT2D eigenvalue weighted by atomic mass is 9.73. The molecule has 0 unspecified atom stereocenters. The van der Waals surface area contributed by atoms with Gasteiger partial charge in [0.15, 0.2) is 5.78 Å². The maximum absolute atomic E-state index is 13.5. The maximum Gasteiger partial charge on any atom is 0.227 e. The smallest absolute Gasteiger partial charge is 0.227 e. The number of rotatable bonds is 4. The SMILES string of the molecule is CC1(C)CC(=O)C2=C(C1)Nc1nc(SCc3cccc(F)c3)nn1[C@H]2c1ccccc1. The lowest BCUT2D eigenvalue weighted by Crippen LogP contribution is -2.36. The van der Waals surface area contributed by atoms with E-state index in [9.17, 15) is 9.18 Å². The van der Waals surface area contributed by atoms with Gasteiger partial charge in [0, 0.05) is 23.4 Å². The number of carbonyl (C=O) groups excluding carboxylic acids is 1. The van der Waals surface area contributed by atoms with Gasteiger partial charge in [-0.1, -0.05) is 68.1 Å². The Kier molecular flexibility index (Phi) is 4.93. The Balaban J connectivity index is 1.51. The maximum atomic E-state index is 13.5. The zero-order valence-corrected chi connectivity index (χ0v) is 18.2. The Morgan fingerprint density at radius 2 is 1.97 bits per heavy atom. The third-order valence-corrected chi connectivity index (χ3v) is 6.59. The number of hydrogen-bond acceptors (Lipinski definition) is 5. The van der Waals surface area contributed by atoms with Crippen LogP contribution in [-0.4, -0.2) is 20.5 Å². The average molecular weight is 435 g/mol. The van der Waals surface area contributed by atoms with E-state index in [-0.39, 0.29) is 23.1 Å². The van der Waals surface area contributed by atoms with Crippen LogP contribution in [0.5, 0.6) is 0 Å². The molecule has 1 N–H and O–H groups in total. The molecular formula is C24H23FN4OS. The molecule has 1 aliphatic carbocycles. The predicted octanol–water partition coefficient (Wildman–Crippen LogP) is 5.37. The van der Waals surface area contributed by atoms with Gasteiger partial charge in [-0.25, -0.2) is 9.07 Å². The van der Waals surface area contributed by atoms with Gasteiger partial charge >= 0.3 is 0 Å². The lowest BCUT2D eigenvalue weighted by molar-refractivity contribution is -0.118. The van der Waals surface area contributed by atoms with Crippen LogP contribution in [0.25, 0.3) is 0 Å². The van der Waals surface area contributed by atoms with Crippen LogP contribution < -0.4 is 5.32 Å². The topological polar surface area (TPSA) is 59.8 Å². The summed E-state index contributed by atoms with van der Waals surface area (Å²) < 4.78 is 15.3. The number of hydrogen-bond donors (Lipinski definition) is 1. The van der Waals surface area contributed by atoms with Crippen molar-refractivity contribution in [3.05, 3.63) is 82.8 Å². The van der Waals surface area contributed by atoms with Gasteiger partial charge < -0.3 is 5.32 Å². The molecule has 1 aromatic heterocycles. The Morgan fingerprint density at radius 1 is 1.16 bits per heavy atom. The Bertz CT molecular complexity index is 1190. The van der Waals surface area contributed by atoms with Crippen molar-refractivity contribution in [3.8, 4) is 0 Å². The van der Waals surface area contributed by atoms with E-state index in [0.717, 1.165) is 28.8 Å². The molecule has 0 bridgehead atoms. The second kappa shape index (κ2) is 7.64. The molecule has 158 valence electrons. The monoisotopic (exact) mass is 434 g/mol. The van der Waals surface area contributed by atoms with Crippen LogP contribution in [-0.2, 0) is 10.5 Å². The van der Waals surface area contributed by atoms with Crippen molar-refractivity contribution in [1.82, 2.24) is 14.8 Å². The molecule has 3 aromatic rings. The van der Waals surface area contributed by atoms with Crippen molar-refractivity contribution in [2.45, 2.75) is 43.6 Å². The fourth-order valence-corrected chi connectivity index (χ4v) is 5.14. The number of ketones is 1. The third-order valence-electron chi connectivity index (χ3n) is 5.68. The van der Waals surface area contributed by atoms with Gasteiger partial charge in [-0.05, 0) is 35.1 Å². The van der Waals surface area contributed by atoms with Crippen molar-refractivity contribution in [3.63, 3.8) is 0 Å². The van der Waals surface area contributed by atoms with Crippen LogP contribution in [0, 0.1) is 11.2 Å². The molecule has 0 amide bonds. The summed E-state index contributed by atoms with van der Waals surface area (Å²) in [6.07, 6.45) is 1.30. The minimum atomic E-state index is -0.299. The van der Waals surface area contributed by atoms with Crippen molar-refractivity contribution in [2.24, 2.45) is 5.41 Å². The second-order valence-corrected chi connectivity index (χ2v) is 9.80. The number of fused-ring (bicyclic) bond motifs is 1. The molecule has 1 atom stereocenters. The summed E-state index contributed by atoms with van der Waals surface area (Å²) >= 11 is 1.45. The number of thioether (sulfide) groups is 1. The number of anilines is 1. The Morgan fingerprint density at radius 3 is 2.74 bits per heavy atom. The number of carbonyl (C=O) groups is 1. The molecule has 2 aliphatic rings. The summed E-state index contributed by atoms with van der Waals surface area (Å²) in [6.45, 7) is 4.24. The highest BCUT2D eigenvalue weighted by Crippen LogP contribution is 2.45. The molecule has 31 heavy (non-hydrogen) atoms. The zero-order chi connectivity index (χ0) is 21.6. The summed E-state index contributed by atoms with van der Waals surface area (Å²) in [5.41, 5.74) is 3.51. The van der Waals surface area contributed by atoms with Crippen LogP contribution in [0.3, 0.4) is 0 Å². The number of benzene rings is 2. The second-order valence-electron chi connectivity index (χ2n) is 8.85. The minimum Gasteiger partial charge on any atom is -0.328 e. The normalized spacial score (nSPS) is 19.6. The average Bonchev–Trinajstić information content (AvgIpc) is 3.13. The molecule has 1 aliphatic heterocycles. The van der Waals surface area contributed by atoms with Crippen LogP contribution in [0.1, 0.15) is 43.9 Å². The first-order valence-corrected chi connectivity index (χ1v) is 11.3. The minimum absolute atomic E-state index is 0.0959. The number of aromatic nitrogens is 3. The first kappa shape index (κ1) is 20.0. The molecule has 7 heteroatoms. The Hall–Kier alpha value is -2.93. The van der Waals surface area contributed by atoms with Crippen LogP contribution >= 0.6 is 11.8 Å². The van der Waals surface area contributed by atoms with Gasteiger partial charge in [-0.3, -0.25) is 4.79 Å². The first-order chi connectivity index (χ1) is 14.9. The van der Waals surface area contributed by atoms with Crippen molar-refractivity contribution in [1.29, 1.82) is 0 Å². The number of nitrogens with zero attached hydrogens (tertiary/aromatic N) is 3. The molecule has 5 rings (SSSR count). The molecule has 0 saturated heterocycles. The Labute approximate surface area is 184 Å². The molecule has 2 heterocycles. The van der Waals surface area contributed by atoms with Gasteiger partial charge in [-0.2, -0.15) is 4.98 Å². The van der Waals surface area contributed by atoms with E-state index < -0.39 is 0 Å². The largest absolute Gasteiger partial charge is 0.328 e. The van der Waals surface area contributed by atoms with Crippen LogP contribution in [0.4, 0.5) is 10.3 Å². The highest BCUT2D eigenvalue weighted by Gasteiger charge is 2.41. The summed E-state index contributed by atoms with van der Waals surface area (Å²) in [4.78, 5) is 17.9. The number of allylic oxidation sites excluding steroid dienone is 2. The summed E-state index contributed by atoms with van der Waals surface area (Å²) in [5.74, 6) is 1.11. The van der Waals surface area contributed by atoms with E-state index in [2.05, 4.69) is 19.2 Å². The van der Waals surface area contributed by atoms with Gasteiger partial charge in [0.05, 0.1) is 0 Å². The van der Waals surface area contributed by atoms with Crippen molar-refractivity contribution in [2.75, 3.05) is 5.32 Å². The predicted molar refractivity (Wildman–Crippen MR) is 119 cm³/mol. The van der Waals surface area contributed by atoms with E-state index in [4.69, 9.17) is 10.1 Å². The fraction of sp³-hybridized carbons (Fsp3) is 0.292. The van der Waals surface area contributed by atoms with E-state index in [1.54, 1.807) is 6.07 Å². The molecule has 2 aromatic carbocycles. The first-order valence-electron chi connectivity index (χ1n) is 10.3. The lowest BCUT2D eigenvalue weighted by Gasteiger charge is -2.38. The molecule has 5 nitrogen and oxygen atoms in total. The van der Waals surface area contributed by atoms with E-state index in [1.807, 2.05) is 41.1 Å². The summed E-state index contributed by atoms with van der Waals surface area (Å²) in [6, 6.07) is 16.2. The van der Waals surface area contributed by atoms with Crippen molar-refractivity contribution >= 4 is 23.5 Å². The summed E-state index contributed by atoms with van der Waals surface area (Å²) in [5, 5.41) is 8.72. The zero-order valence-electron chi connectivity index (χ0n) is 17.4.